The zero-order valence-corrected chi connectivity index (χ0v) is 12.5. The SMILES string of the molecule is CC(C)(CNC(=O)c1ccc(Br)cc1F)C(N)=S. The van der Waals surface area contributed by atoms with E-state index in [-0.39, 0.29) is 12.1 Å². The van der Waals surface area contributed by atoms with Crippen molar-refractivity contribution in [3.05, 3.63) is 34.1 Å². The number of carbonyl (C=O) groups is 1. The number of benzene rings is 1. The molecule has 0 spiro atoms. The molecule has 0 aliphatic rings. The van der Waals surface area contributed by atoms with Gasteiger partial charge in [-0.25, -0.2) is 4.39 Å². The first-order valence-corrected chi connectivity index (χ1v) is 6.47. The van der Waals surface area contributed by atoms with Crippen LogP contribution in [0, 0.1) is 11.2 Å². The van der Waals surface area contributed by atoms with E-state index in [1.54, 1.807) is 6.07 Å². The number of thiocarbonyl (C=S) groups is 1. The molecule has 1 rings (SSSR count). The smallest absolute Gasteiger partial charge is 0.254 e. The van der Waals surface area contributed by atoms with E-state index in [4.69, 9.17) is 18.0 Å². The molecule has 98 valence electrons. The lowest BCUT2D eigenvalue weighted by molar-refractivity contribution is 0.0941. The molecule has 0 atom stereocenters. The molecule has 0 heterocycles. The molecule has 3 N–H and O–H groups in total. The lowest BCUT2D eigenvalue weighted by Crippen LogP contribution is -2.41. The summed E-state index contributed by atoms with van der Waals surface area (Å²) in [6, 6.07) is 4.27. The van der Waals surface area contributed by atoms with Crippen molar-refractivity contribution in [3.8, 4) is 0 Å². The van der Waals surface area contributed by atoms with E-state index >= 15 is 0 Å². The molecule has 0 aliphatic heterocycles. The van der Waals surface area contributed by atoms with Gasteiger partial charge in [0.2, 0.25) is 0 Å². The van der Waals surface area contributed by atoms with Crippen molar-refractivity contribution in [3.63, 3.8) is 0 Å². The average Bonchev–Trinajstić information content (AvgIpc) is 2.25. The zero-order valence-electron chi connectivity index (χ0n) is 10.1. The van der Waals surface area contributed by atoms with E-state index in [9.17, 15) is 9.18 Å². The molecule has 0 saturated heterocycles. The fourth-order valence-electron chi connectivity index (χ4n) is 1.16. The van der Waals surface area contributed by atoms with Gasteiger partial charge in [-0.2, -0.15) is 0 Å². The van der Waals surface area contributed by atoms with Gasteiger partial charge in [0, 0.05) is 16.4 Å². The van der Waals surface area contributed by atoms with Gasteiger partial charge in [-0.1, -0.05) is 42.0 Å². The van der Waals surface area contributed by atoms with Gasteiger partial charge in [-0.05, 0) is 18.2 Å². The second kappa shape index (κ2) is 5.75. The van der Waals surface area contributed by atoms with Crippen LogP contribution in [0.4, 0.5) is 4.39 Å². The highest BCUT2D eigenvalue weighted by atomic mass is 79.9. The largest absolute Gasteiger partial charge is 0.393 e. The molecule has 18 heavy (non-hydrogen) atoms. The molecule has 0 unspecified atom stereocenters. The first-order chi connectivity index (χ1) is 8.24. The Hall–Kier alpha value is -1.01. The number of nitrogens with two attached hydrogens (primary N) is 1. The second-order valence-electron chi connectivity index (χ2n) is 4.55. The highest BCUT2D eigenvalue weighted by molar-refractivity contribution is 9.10. The predicted molar refractivity (Wildman–Crippen MR) is 77.0 cm³/mol. The quantitative estimate of drug-likeness (QED) is 0.833. The van der Waals surface area contributed by atoms with Gasteiger partial charge in [0.1, 0.15) is 5.82 Å². The normalized spacial score (nSPS) is 11.1. The van der Waals surface area contributed by atoms with Crippen LogP contribution >= 0.6 is 28.1 Å². The molecular weight excluding hydrogens is 319 g/mol. The third-order valence-corrected chi connectivity index (χ3v) is 3.58. The summed E-state index contributed by atoms with van der Waals surface area (Å²) in [5.41, 5.74) is 5.04. The maximum atomic E-state index is 13.5. The van der Waals surface area contributed by atoms with E-state index in [2.05, 4.69) is 21.2 Å². The van der Waals surface area contributed by atoms with Crippen LogP contribution in [-0.2, 0) is 0 Å². The maximum Gasteiger partial charge on any atom is 0.254 e. The van der Waals surface area contributed by atoms with Gasteiger partial charge in [-0.15, -0.1) is 0 Å². The molecule has 0 bridgehead atoms. The number of carbonyl (C=O) groups excluding carboxylic acids is 1. The summed E-state index contributed by atoms with van der Waals surface area (Å²) in [6.45, 7) is 3.89. The van der Waals surface area contributed by atoms with Crippen LogP contribution in [0.1, 0.15) is 24.2 Å². The van der Waals surface area contributed by atoms with Crippen LogP contribution in [0.25, 0.3) is 0 Å². The molecule has 1 aromatic carbocycles. The Morgan fingerprint density at radius 2 is 2.17 bits per heavy atom. The van der Waals surface area contributed by atoms with Gasteiger partial charge >= 0.3 is 0 Å². The first kappa shape index (κ1) is 15.0. The summed E-state index contributed by atoms with van der Waals surface area (Å²) < 4.78 is 14.1. The monoisotopic (exact) mass is 332 g/mol. The molecule has 0 saturated carbocycles. The standard InChI is InChI=1S/C12H14BrFN2OS/c1-12(2,11(15)18)6-16-10(17)8-4-3-7(13)5-9(8)14/h3-5H,6H2,1-2H3,(H2,15,18)(H,16,17). The Labute approximate surface area is 119 Å². The van der Waals surface area contributed by atoms with Crippen LogP contribution in [0.3, 0.4) is 0 Å². The summed E-state index contributed by atoms with van der Waals surface area (Å²) >= 11 is 8.02. The summed E-state index contributed by atoms with van der Waals surface area (Å²) in [5.74, 6) is -1.06. The van der Waals surface area contributed by atoms with E-state index in [0.717, 1.165) is 0 Å². The fraction of sp³-hybridized carbons (Fsp3) is 0.333. The Bertz CT molecular complexity index is 491. The molecular formula is C12H14BrFN2OS. The molecule has 1 amide bonds. The average molecular weight is 333 g/mol. The van der Waals surface area contributed by atoms with Gasteiger partial charge in [0.05, 0.1) is 10.6 Å². The molecule has 0 radical (unpaired) electrons. The molecule has 0 aromatic heterocycles. The minimum Gasteiger partial charge on any atom is -0.393 e. The van der Waals surface area contributed by atoms with E-state index in [0.29, 0.717) is 9.46 Å². The highest BCUT2D eigenvalue weighted by Crippen LogP contribution is 2.17. The second-order valence-corrected chi connectivity index (χ2v) is 5.91. The topological polar surface area (TPSA) is 55.1 Å². The fourth-order valence-corrected chi connectivity index (χ4v) is 1.56. The minimum absolute atomic E-state index is 0.00283. The van der Waals surface area contributed by atoms with Crippen molar-refractivity contribution in [2.24, 2.45) is 11.1 Å². The predicted octanol–water partition coefficient (Wildman–Crippen LogP) is 2.63. The highest BCUT2D eigenvalue weighted by Gasteiger charge is 2.23. The number of hydrogen-bond acceptors (Lipinski definition) is 2. The van der Waals surface area contributed by atoms with Crippen LogP contribution in [-0.4, -0.2) is 17.4 Å². The summed E-state index contributed by atoms with van der Waals surface area (Å²) in [6.07, 6.45) is 0. The lowest BCUT2D eigenvalue weighted by atomic mass is 9.93. The van der Waals surface area contributed by atoms with Crippen LogP contribution in [0.2, 0.25) is 0 Å². The van der Waals surface area contributed by atoms with Crippen molar-refractivity contribution in [1.82, 2.24) is 5.32 Å². The number of amides is 1. The Balaban J connectivity index is 2.75. The first-order valence-electron chi connectivity index (χ1n) is 5.27. The van der Waals surface area contributed by atoms with Crippen LogP contribution < -0.4 is 11.1 Å². The van der Waals surface area contributed by atoms with Crippen LogP contribution in [0.15, 0.2) is 22.7 Å². The van der Waals surface area contributed by atoms with Gasteiger partial charge in [-0.3, -0.25) is 4.79 Å². The molecule has 1 aromatic rings. The van der Waals surface area contributed by atoms with Crippen molar-refractivity contribution in [1.29, 1.82) is 0 Å². The Morgan fingerprint density at radius 1 is 1.56 bits per heavy atom. The zero-order chi connectivity index (χ0) is 13.9. The van der Waals surface area contributed by atoms with Crippen molar-refractivity contribution in [2.75, 3.05) is 6.54 Å². The maximum absolute atomic E-state index is 13.5. The number of rotatable bonds is 4. The van der Waals surface area contributed by atoms with E-state index < -0.39 is 17.1 Å². The van der Waals surface area contributed by atoms with Gasteiger partial charge in [0.15, 0.2) is 0 Å². The van der Waals surface area contributed by atoms with Crippen molar-refractivity contribution < 1.29 is 9.18 Å². The summed E-state index contributed by atoms with van der Waals surface area (Å²) in [4.78, 5) is 12.1. The van der Waals surface area contributed by atoms with Gasteiger partial charge in [0.25, 0.3) is 5.91 Å². The lowest BCUT2D eigenvalue weighted by Gasteiger charge is -2.23. The van der Waals surface area contributed by atoms with Crippen molar-refractivity contribution >= 4 is 39.0 Å². The Kier molecular flexibility index (Phi) is 4.81. The summed E-state index contributed by atoms with van der Waals surface area (Å²) in [7, 11) is 0. The molecule has 6 heteroatoms. The third kappa shape index (κ3) is 3.74. The van der Waals surface area contributed by atoms with Crippen molar-refractivity contribution in [2.45, 2.75) is 13.8 Å². The molecule has 0 fully saturated rings. The number of hydrogen-bond donors (Lipinski definition) is 2. The number of nitrogens with one attached hydrogen (secondary N) is 1. The van der Waals surface area contributed by atoms with E-state index in [1.165, 1.54) is 12.1 Å². The third-order valence-electron chi connectivity index (χ3n) is 2.53. The van der Waals surface area contributed by atoms with E-state index in [1.807, 2.05) is 13.8 Å². The van der Waals surface area contributed by atoms with Gasteiger partial charge < -0.3 is 11.1 Å². The number of halogens is 2. The minimum atomic E-state index is -0.574. The molecule has 0 aliphatic carbocycles. The van der Waals surface area contributed by atoms with Crippen LogP contribution in [0.5, 0.6) is 0 Å². The summed E-state index contributed by atoms with van der Waals surface area (Å²) in [5, 5.41) is 2.62. The Morgan fingerprint density at radius 3 is 2.67 bits per heavy atom. The molecule has 3 nitrogen and oxygen atoms in total.